The molecule has 0 saturated heterocycles. The molecule has 0 unspecified atom stereocenters. The van der Waals surface area contributed by atoms with Crippen LogP contribution in [-0.2, 0) is 6.54 Å². The second-order valence-electron chi connectivity index (χ2n) is 5.42. The number of halogens is 1. The summed E-state index contributed by atoms with van der Waals surface area (Å²) in [6, 6.07) is 12.4. The monoisotopic (exact) mass is 341 g/mol. The molecule has 0 fully saturated rings. The predicted octanol–water partition coefficient (Wildman–Crippen LogP) is 5.25. The zero-order valence-corrected chi connectivity index (χ0v) is 14.1. The van der Waals surface area contributed by atoms with Gasteiger partial charge in [-0.25, -0.2) is 0 Å². The smallest absolute Gasteiger partial charge is 0.296 e. The summed E-state index contributed by atoms with van der Waals surface area (Å²) < 4.78 is 1.73. The third kappa shape index (κ3) is 2.78. The molecule has 0 aliphatic rings. The highest BCUT2D eigenvalue weighted by molar-refractivity contribution is 6.33. The summed E-state index contributed by atoms with van der Waals surface area (Å²) in [5.41, 5.74) is 2.44. The maximum atomic E-state index is 12.2. The summed E-state index contributed by atoms with van der Waals surface area (Å²) in [4.78, 5) is 12.2. The van der Waals surface area contributed by atoms with E-state index >= 15 is 0 Å². The van der Waals surface area contributed by atoms with Gasteiger partial charge in [-0.3, -0.25) is 4.79 Å². The largest absolute Gasteiger partial charge is 0.493 e. The van der Waals surface area contributed by atoms with Gasteiger partial charge in [0.2, 0.25) is 5.88 Å². The van der Waals surface area contributed by atoms with Gasteiger partial charge in [0, 0.05) is 11.9 Å². The van der Waals surface area contributed by atoms with Gasteiger partial charge in [0.05, 0.1) is 16.1 Å². The SMILES string of the molecule is CCn1c(O)c(N=NC(=O)c2ccccc2Cl)c2cc(C)ccc21. The summed E-state index contributed by atoms with van der Waals surface area (Å²) in [6.45, 7) is 4.46. The van der Waals surface area contributed by atoms with Crippen molar-refractivity contribution in [3.8, 4) is 5.88 Å². The van der Waals surface area contributed by atoms with Gasteiger partial charge < -0.3 is 9.67 Å². The van der Waals surface area contributed by atoms with Crippen LogP contribution >= 0.6 is 11.6 Å². The first-order valence-electron chi connectivity index (χ1n) is 7.55. The molecule has 1 heterocycles. The molecule has 1 aromatic heterocycles. The first kappa shape index (κ1) is 16.2. The number of hydrogen-bond acceptors (Lipinski definition) is 3. The zero-order chi connectivity index (χ0) is 17.3. The van der Waals surface area contributed by atoms with Gasteiger partial charge in [-0.2, -0.15) is 0 Å². The van der Waals surface area contributed by atoms with Crippen molar-refractivity contribution >= 4 is 34.1 Å². The Labute approximate surface area is 144 Å². The minimum atomic E-state index is -0.551. The number of azo groups is 1. The van der Waals surface area contributed by atoms with Crippen LogP contribution in [0.3, 0.4) is 0 Å². The Balaban J connectivity index is 2.07. The van der Waals surface area contributed by atoms with Crippen molar-refractivity contribution in [1.29, 1.82) is 0 Å². The van der Waals surface area contributed by atoms with E-state index < -0.39 is 5.91 Å². The molecule has 2 aromatic carbocycles. The molecular weight excluding hydrogens is 326 g/mol. The Morgan fingerprint density at radius 3 is 2.71 bits per heavy atom. The first-order valence-corrected chi connectivity index (χ1v) is 7.93. The molecule has 0 radical (unpaired) electrons. The summed E-state index contributed by atoms with van der Waals surface area (Å²) in [5, 5.41) is 19.2. The van der Waals surface area contributed by atoms with Crippen molar-refractivity contribution in [3.63, 3.8) is 0 Å². The van der Waals surface area contributed by atoms with Gasteiger partial charge in [-0.05, 0) is 38.1 Å². The highest BCUT2D eigenvalue weighted by atomic mass is 35.5. The van der Waals surface area contributed by atoms with Crippen LogP contribution < -0.4 is 0 Å². The fraction of sp³-hybridized carbons (Fsp3) is 0.167. The molecule has 0 saturated carbocycles. The Kier molecular flexibility index (Phi) is 4.36. The van der Waals surface area contributed by atoms with Crippen LogP contribution in [0.15, 0.2) is 52.7 Å². The Morgan fingerprint density at radius 2 is 2.00 bits per heavy atom. The summed E-state index contributed by atoms with van der Waals surface area (Å²) in [6.07, 6.45) is 0. The third-order valence-corrected chi connectivity index (χ3v) is 4.16. The molecule has 24 heavy (non-hydrogen) atoms. The van der Waals surface area contributed by atoms with Gasteiger partial charge in [0.25, 0.3) is 5.91 Å². The molecule has 3 aromatic rings. The van der Waals surface area contributed by atoms with Crippen LogP contribution in [0, 0.1) is 6.92 Å². The van der Waals surface area contributed by atoms with E-state index in [4.69, 9.17) is 11.6 Å². The van der Waals surface area contributed by atoms with E-state index in [9.17, 15) is 9.90 Å². The molecule has 3 rings (SSSR count). The summed E-state index contributed by atoms with van der Waals surface area (Å²) in [5.74, 6) is -0.557. The first-order chi connectivity index (χ1) is 11.5. The maximum Gasteiger partial charge on any atom is 0.296 e. The molecular formula is C18H16ClN3O2. The molecule has 122 valence electrons. The van der Waals surface area contributed by atoms with Crippen molar-refractivity contribution in [1.82, 2.24) is 4.57 Å². The normalized spacial score (nSPS) is 11.5. The molecule has 0 atom stereocenters. The van der Waals surface area contributed by atoms with Gasteiger partial charge in [-0.1, -0.05) is 35.4 Å². The lowest BCUT2D eigenvalue weighted by atomic mass is 10.1. The minimum absolute atomic E-state index is 0.00573. The molecule has 1 amide bonds. The van der Waals surface area contributed by atoms with Gasteiger partial charge in [0.1, 0.15) is 0 Å². The molecule has 6 heteroatoms. The Bertz CT molecular complexity index is 960. The number of nitrogens with zero attached hydrogens (tertiary/aromatic N) is 3. The highest BCUT2D eigenvalue weighted by Gasteiger charge is 2.16. The summed E-state index contributed by atoms with van der Waals surface area (Å²) in [7, 11) is 0. The van der Waals surface area contributed by atoms with Crippen LogP contribution in [0.4, 0.5) is 5.69 Å². The Hall–Kier alpha value is -2.66. The average molecular weight is 342 g/mol. The number of fused-ring (bicyclic) bond motifs is 1. The van der Waals surface area contributed by atoms with E-state index in [1.54, 1.807) is 28.8 Å². The standard InChI is InChI=1S/C18H16ClN3O2/c1-3-22-15-9-8-11(2)10-13(15)16(18(22)24)20-21-17(23)12-6-4-5-7-14(12)19/h4-10,24H,3H2,1-2H3. The number of aromatic nitrogens is 1. The molecule has 0 aliphatic carbocycles. The summed E-state index contributed by atoms with van der Waals surface area (Å²) >= 11 is 6.00. The quantitative estimate of drug-likeness (QED) is 0.661. The molecule has 0 spiro atoms. The number of rotatable bonds is 3. The number of aromatic hydroxyl groups is 1. The van der Waals surface area contributed by atoms with Crippen molar-refractivity contribution in [2.24, 2.45) is 10.2 Å². The number of amides is 1. The fourth-order valence-corrected chi connectivity index (χ4v) is 2.86. The van der Waals surface area contributed by atoms with E-state index in [2.05, 4.69) is 10.2 Å². The number of hydrogen-bond donors (Lipinski definition) is 1. The lowest BCUT2D eigenvalue weighted by molar-refractivity contribution is 0.0995. The van der Waals surface area contributed by atoms with Crippen molar-refractivity contribution < 1.29 is 9.90 Å². The number of benzene rings is 2. The molecule has 1 N–H and O–H groups in total. The minimum Gasteiger partial charge on any atom is -0.493 e. The molecule has 0 aliphatic heterocycles. The van der Waals surface area contributed by atoms with E-state index in [1.807, 2.05) is 32.0 Å². The van der Waals surface area contributed by atoms with Crippen LogP contribution in [0.25, 0.3) is 10.9 Å². The van der Waals surface area contributed by atoms with E-state index in [0.29, 0.717) is 11.6 Å². The second kappa shape index (κ2) is 6.45. The van der Waals surface area contributed by atoms with Crippen LogP contribution in [0.2, 0.25) is 5.02 Å². The van der Waals surface area contributed by atoms with Crippen LogP contribution in [0.5, 0.6) is 5.88 Å². The fourth-order valence-electron chi connectivity index (χ4n) is 2.64. The predicted molar refractivity (Wildman–Crippen MR) is 94.3 cm³/mol. The maximum absolute atomic E-state index is 12.2. The molecule has 5 nitrogen and oxygen atoms in total. The Morgan fingerprint density at radius 1 is 1.25 bits per heavy atom. The average Bonchev–Trinajstić information content (AvgIpc) is 2.83. The van der Waals surface area contributed by atoms with Gasteiger partial charge >= 0.3 is 0 Å². The van der Waals surface area contributed by atoms with Crippen molar-refractivity contribution in [3.05, 3.63) is 58.6 Å². The second-order valence-corrected chi connectivity index (χ2v) is 5.83. The van der Waals surface area contributed by atoms with E-state index in [0.717, 1.165) is 16.5 Å². The van der Waals surface area contributed by atoms with Crippen molar-refractivity contribution in [2.45, 2.75) is 20.4 Å². The topological polar surface area (TPSA) is 66.9 Å². The number of carbonyl (C=O) groups excluding carboxylic acids is 1. The van der Waals surface area contributed by atoms with Gasteiger partial charge in [0.15, 0.2) is 5.69 Å². The van der Waals surface area contributed by atoms with E-state index in [1.165, 1.54) is 0 Å². The van der Waals surface area contributed by atoms with E-state index in [-0.39, 0.29) is 17.1 Å². The van der Waals surface area contributed by atoms with Gasteiger partial charge in [-0.15, -0.1) is 10.2 Å². The third-order valence-electron chi connectivity index (χ3n) is 3.83. The lowest BCUT2D eigenvalue weighted by Gasteiger charge is -2.01. The highest BCUT2D eigenvalue weighted by Crippen LogP contribution is 2.39. The van der Waals surface area contributed by atoms with Crippen LogP contribution in [-0.4, -0.2) is 15.6 Å². The van der Waals surface area contributed by atoms with Crippen LogP contribution in [0.1, 0.15) is 22.8 Å². The zero-order valence-electron chi connectivity index (χ0n) is 13.3. The van der Waals surface area contributed by atoms with Crippen molar-refractivity contribution in [2.75, 3.05) is 0 Å². The number of carbonyl (C=O) groups is 1. The molecule has 0 bridgehead atoms. The lowest BCUT2D eigenvalue weighted by Crippen LogP contribution is -1.94. The number of aryl methyl sites for hydroxylation is 2.